The van der Waals surface area contributed by atoms with Gasteiger partial charge in [-0.05, 0) is 36.8 Å². The van der Waals surface area contributed by atoms with E-state index in [0.717, 1.165) is 15.8 Å². The summed E-state index contributed by atoms with van der Waals surface area (Å²) in [6.07, 6.45) is 0. The van der Waals surface area contributed by atoms with Crippen LogP contribution in [0.3, 0.4) is 0 Å². The van der Waals surface area contributed by atoms with Crippen LogP contribution in [0.5, 0.6) is 5.75 Å². The molecule has 0 aliphatic rings. The van der Waals surface area contributed by atoms with Crippen molar-refractivity contribution in [2.75, 3.05) is 13.2 Å². The zero-order valence-electron chi connectivity index (χ0n) is 12.4. The van der Waals surface area contributed by atoms with E-state index in [1.54, 1.807) is 0 Å². The van der Waals surface area contributed by atoms with Crippen LogP contribution in [-0.2, 0) is 6.54 Å². The van der Waals surface area contributed by atoms with E-state index < -0.39 is 0 Å². The molecule has 0 aromatic heterocycles. The Morgan fingerprint density at radius 3 is 2.64 bits per heavy atom. The van der Waals surface area contributed by atoms with Gasteiger partial charge in [0.1, 0.15) is 12.4 Å². The van der Waals surface area contributed by atoms with Crippen molar-refractivity contribution in [1.29, 1.82) is 0 Å². The highest BCUT2D eigenvalue weighted by Gasteiger charge is 2.00. The number of hydrogen-bond donors (Lipinski definition) is 2. The second-order valence-corrected chi connectivity index (χ2v) is 5.82. The van der Waals surface area contributed by atoms with Crippen molar-refractivity contribution < 1.29 is 9.53 Å². The molecule has 0 atom stereocenters. The monoisotopic (exact) mass is 362 g/mol. The minimum atomic E-state index is -0.201. The lowest BCUT2D eigenvalue weighted by molar-refractivity contribution is 0.236. The maximum absolute atomic E-state index is 11.7. The molecule has 0 aliphatic heterocycles. The molecule has 0 bridgehead atoms. The van der Waals surface area contributed by atoms with Gasteiger partial charge in [0, 0.05) is 11.0 Å². The summed E-state index contributed by atoms with van der Waals surface area (Å²) in [6, 6.07) is 15.5. The van der Waals surface area contributed by atoms with Crippen molar-refractivity contribution in [2.24, 2.45) is 0 Å². The number of rotatable bonds is 6. The van der Waals surface area contributed by atoms with Crippen molar-refractivity contribution in [3.63, 3.8) is 0 Å². The average molecular weight is 363 g/mol. The molecule has 0 saturated heterocycles. The Hall–Kier alpha value is -2.01. The van der Waals surface area contributed by atoms with Crippen LogP contribution in [0.4, 0.5) is 4.79 Å². The minimum Gasteiger partial charge on any atom is -0.492 e. The summed E-state index contributed by atoms with van der Waals surface area (Å²) in [5.41, 5.74) is 2.23. The molecule has 0 spiro atoms. The molecule has 2 N–H and O–H groups in total. The topological polar surface area (TPSA) is 50.4 Å². The van der Waals surface area contributed by atoms with Gasteiger partial charge in [-0.15, -0.1) is 0 Å². The zero-order chi connectivity index (χ0) is 15.8. The number of ether oxygens (including phenoxy) is 1. The standard InChI is InChI=1S/C17H19BrN2O2/c1-13-5-7-16(8-6-13)22-10-9-19-17(21)20-12-14-3-2-4-15(18)11-14/h2-8,11H,9-10,12H2,1H3,(H2,19,20,21). The van der Waals surface area contributed by atoms with E-state index in [2.05, 4.69) is 26.6 Å². The Bertz CT molecular complexity index is 614. The van der Waals surface area contributed by atoms with Gasteiger partial charge in [-0.1, -0.05) is 45.8 Å². The van der Waals surface area contributed by atoms with Crippen molar-refractivity contribution in [3.05, 3.63) is 64.1 Å². The second-order valence-electron chi connectivity index (χ2n) is 4.90. The molecule has 116 valence electrons. The van der Waals surface area contributed by atoms with Crippen molar-refractivity contribution in [1.82, 2.24) is 10.6 Å². The predicted octanol–water partition coefficient (Wildman–Crippen LogP) is 3.64. The zero-order valence-corrected chi connectivity index (χ0v) is 14.0. The van der Waals surface area contributed by atoms with Crippen LogP contribution < -0.4 is 15.4 Å². The van der Waals surface area contributed by atoms with E-state index in [1.165, 1.54) is 5.56 Å². The Morgan fingerprint density at radius 2 is 1.91 bits per heavy atom. The fraction of sp³-hybridized carbons (Fsp3) is 0.235. The highest BCUT2D eigenvalue weighted by atomic mass is 79.9. The number of carbonyl (C=O) groups is 1. The molecule has 22 heavy (non-hydrogen) atoms. The van der Waals surface area contributed by atoms with Crippen LogP contribution in [0.25, 0.3) is 0 Å². The largest absolute Gasteiger partial charge is 0.492 e. The van der Waals surface area contributed by atoms with Crippen LogP contribution in [0.1, 0.15) is 11.1 Å². The Kier molecular flexibility index (Phi) is 6.27. The van der Waals surface area contributed by atoms with Crippen LogP contribution >= 0.6 is 15.9 Å². The van der Waals surface area contributed by atoms with E-state index in [9.17, 15) is 4.79 Å². The molecule has 4 nitrogen and oxygen atoms in total. The first-order valence-electron chi connectivity index (χ1n) is 7.09. The Morgan fingerprint density at radius 1 is 1.14 bits per heavy atom. The Balaban J connectivity index is 1.62. The Labute approximate surface area is 139 Å². The molecule has 2 aromatic rings. The van der Waals surface area contributed by atoms with Crippen molar-refractivity contribution in [2.45, 2.75) is 13.5 Å². The maximum atomic E-state index is 11.7. The van der Waals surface area contributed by atoms with Gasteiger partial charge in [0.25, 0.3) is 0 Å². The van der Waals surface area contributed by atoms with Gasteiger partial charge in [0.05, 0.1) is 6.54 Å². The first-order chi connectivity index (χ1) is 10.6. The molecule has 0 fully saturated rings. The van der Waals surface area contributed by atoms with Crippen molar-refractivity contribution in [3.8, 4) is 5.75 Å². The van der Waals surface area contributed by atoms with Crippen LogP contribution in [-0.4, -0.2) is 19.2 Å². The van der Waals surface area contributed by atoms with E-state index in [4.69, 9.17) is 4.74 Å². The molecule has 2 rings (SSSR count). The summed E-state index contributed by atoms with van der Waals surface area (Å²) in [6.45, 7) is 3.41. The summed E-state index contributed by atoms with van der Waals surface area (Å²) in [5.74, 6) is 0.807. The third kappa shape index (κ3) is 5.77. The van der Waals surface area contributed by atoms with Gasteiger partial charge in [-0.2, -0.15) is 0 Å². The number of amides is 2. The highest BCUT2D eigenvalue weighted by molar-refractivity contribution is 9.10. The smallest absolute Gasteiger partial charge is 0.315 e. The second kappa shape index (κ2) is 8.44. The molecule has 0 unspecified atom stereocenters. The molecule has 2 aromatic carbocycles. The van der Waals surface area contributed by atoms with Gasteiger partial charge >= 0.3 is 6.03 Å². The maximum Gasteiger partial charge on any atom is 0.315 e. The lowest BCUT2D eigenvalue weighted by Gasteiger charge is -2.09. The first-order valence-corrected chi connectivity index (χ1v) is 7.88. The third-order valence-electron chi connectivity index (χ3n) is 3.02. The van der Waals surface area contributed by atoms with E-state index in [1.807, 2.05) is 55.5 Å². The summed E-state index contributed by atoms with van der Waals surface area (Å²) in [7, 11) is 0. The highest BCUT2D eigenvalue weighted by Crippen LogP contribution is 2.11. The predicted molar refractivity (Wildman–Crippen MR) is 91.1 cm³/mol. The molecule has 0 radical (unpaired) electrons. The van der Waals surface area contributed by atoms with Gasteiger partial charge in [0.15, 0.2) is 0 Å². The molecule has 0 aliphatic carbocycles. The van der Waals surface area contributed by atoms with Crippen LogP contribution in [0.15, 0.2) is 53.0 Å². The molecule has 2 amide bonds. The molecule has 0 heterocycles. The number of halogens is 1. The van der Waals surface area contributed by atoms with Gasteiger partial charge < -0.3 is 15.4 Å². The first kappa shape index (κ1) is 16.4. The van der Waals surface area contributed by atoms with Gasteiger partial charge in [-0.3, -0.25) is 0 Å². The fourth-order valence-electron chi connectivity index (χ4n) is 1.86. The number of aryl methyl sites for hydroxylation is 1. The summed E-state index contributed by atoms with van der Waals surface area (Å²) < 4.78 is 6.54. The number of urea groups is 1. The number of benzene rings is 2. The SMILES string of the molecule is Cc1ccc(OCCNC(=O)NCc2cccc(Br)c2)cc1. The minimum absolute atomic E-state index is 0.201. The fourth-order valence-corrected chi connectivity index (χ4v) is 2.31. The van der Waals surface area contributed by atoms with Crippen LogP contribution in [0, 0.1) is 6.92 Å². The molecular weight excluding hydrogens is 344 g/mol. The van der Waals surface area contributed by atoms with E-state index in [-0.39, 0.29) is 6.03 Å². The van der Waals surface area contributed by atoms with E-state index >= 15 is 0 Å². The summed E-state index contributed by atoms with van der Waals surface area (Å²) >= 11 is 3.40. The number of nitrogens with one attached hydrogen (secondary N) is 2. The van der Waals surface area contributed by atoms with Crippen LogP contribution in [0.2, 0.25) is 0 Å². The van der Waals surface area contributed by atoms with Gasteiger partial charge in [0.2, 0.25) is 0 Å². The number of hydrogen-bond acceptors (Lipinski definition) is 2. The number of carbonyl (C=O) groups excluding carboxylic acids is 1. The van der Waals surface area contributed by atoms with Crippen molar-refractivity contribution >= 4 is 22.0 Å². The molecule has 5 heteroatoms. The quantitative estimate of drug-likeness (QED) is 0.770. The normalized spacial score (nSPS) is 10.1. The molecular formula is C17H19BrN2O2. The average Bonchev–Trinajstić information content (AvgIpc) is 2.51. The summed E-state index contributed by atoms with van der Waals surface area (Å²) in [5, 5.41) is 5.57. The van der Waals surface area contributed by atoms with Gasteiger partial charge in [-0.25, -0.2) is 4.79 Å². The lowest BCUT2D eigenvalue weighted by atomic mass is 10.2. The lowest BCUT2D eigenvalue weighted by Crippen LogP contribution is -2.37. The third-order valence-corrected chi connectivity index (χ3v) is 3.51. The summed E-state index contributed by atoms with van der Waals surface area (Å²) in [4.78, 5) is 11.7. The van der Waals surface area contributed by atoms with E-state index in [0.29, 0.717) is 19.7 Å². The molecule has 0 saturated carbocycles.